The summed E-state index contributed by atoms with van der Waals surface area (Å²) in [5.74, 6) is -3.10. The van der Waals surface area contributed by atoms with E-state index in [0.717, 1.165) is 16.7 Å². The predicted molar refractivity (Wildman–Crippen MR) is 125 cm³/mol. The molecular weight excluding hydrogens is 522 g/mol. The summed E-state index contributed by atoms with van der Waals surface area (Å²) in [5, 5.41) is 31.3. The fraction of sp³-hybridized carbons (Fsp3) is 0.263. The topological polar surface area (TPSA) is 218 Å². The molecule has 1 aromatic heterocycles. The number of hydrogen-bond donors (Lipinski definition) is 6. The Morgan fingerprint density at radius 1 is 1.37 bits per heavy atom. The normalized spacial score (nSPS) is 20.2. The summed E-state index contributed by atoms with van der Waals surface area (Å²) in [5.41, 5.74) is 11.7. The average molecular weight is 540 g/mol. The van der Waals surface area contributed by atoms with Crippen molar-refractivity contribution < 1.29 is 29.4 Å². The number of rotatable bonds is 8. The molecule has 3 amide bonds. The van der Waals surface area contributed by atoms with Crippen molar-refractivity contribution in [3.63, 3.8) is 0 Å². The van der Waals surface area contributed by atoms with E-state index < -0.39 is 41.1 Å². The number of phenols is 1. The first-order valence-corrected chi connectivity index (χ1v) is 12.3. The number of primary amides is 1. The molecule has 13 nitrogen and oxygen atoms in total. The van der Waals surface area contributed by atoms with Crippen LogP contribution in [0.25, 0.3) is 0 Å². The Hall–Kier alpha value is -3.27. The number of β-lactam (4-membered cyclic amide) rings is 1. The Morgan fingerprint density at radius 2 is 2.11 bits per heavy atom. The molecule has 1 aromatic carbocycles. The van der Waals surface area contributed by atoms with Gasteiger partial charge in [0, 0.05) is 11.5 Å². The maximum Gasteiger partial charge on any atom is 0.352 e. The van der Waals surface area contributed by atoms with Crippen molar-refractivity contribution in [2.75, 3.05) is 11.5 Å². The van der Waals surface area contributed by atoms with Crippen LogP contribution in [0.15, 0.2) is 34.5 Å². The van der Waals surface area contributed by atoms with Crippen molar-refractivity contribution in [1.29, 1.82) is 0 Å². The Kier molecular flexibility index (Phi) is 6.93. The van der Waals surface area contributed by atoms with Gasteiger partial charge in [0.05, 0.1) is 5.02 Å². The van der Waals surface area contributed by atoms with E-state index in [1.54, 1.807) is 0 Å². The molecule has 2 aliphatic heterocycles. The lowest BCUT2D eigenvalue weighted by atomic mass is 10.0. The van der Waals surface area contributed by atoms with Crippen molar-refractivity contribution in [3.8, 4) is 5.75 Å². The Bertz CT molecular complexity index is 1270. The first-order chi connectivity index (χ1) is 16.6. The lowest BCUT2D eigenvalue weighted by Crippen LogP contribution is -2.71. The minimum atomic E-state index is -1.30. The van der Waals surface area contributed by atoms with Crippen LogP contribution in [0.3, 0.4) is 0 Å². The quantitative estimate of drug-likeness (QED) is 0.190. The number of aromatic nitrogens is 3. The molecule has 4 rings (SSSR count). The molecule has 0 saturated carbocycles. The molecule has 35 heavy (non-hydrogen) atoms. The van der Waals surface area contributed by atoms with Gasteiger partial charge in [0.15, 0.2) is 10.7 Å². The number of aromatic amines is 1. The highest BCUT2D eigenvalue weighted by Gasteiger charge is 2.54. The Labute approximate surface area is 210 Å². The second kappa shape index (κ2) is 9.77. The molecule has 0 radical (unpaired) electrons. The zero-order chi connectivity index (χ0) is 25.4. The number of fused-ring (bicyclic) bond motifs is 1. The van der Waals surface area contributed by atoms with Crippen molar-refractivity contribution in [2.45, 2.75) is 22.5 Å². The number of benzene rings is 1. The zero-order valence-electron chi connectivity index (χ0n) is 17.6. The van der Waals surface area contributed by atoms with Gasteiger partial charge in [0.1, 0.15) is 28.9 Å². The van der Waals surface area contributed by atoms with Crippen LogP contribution < -0.4 is 16.8 Å². The molecule has 0 aliphatic carbocycles. The number of nitrogens with one attached hydrogen (secondary N) is 2. The number of amides is 3. The van der Waals surface area contributed by atoms with Crippen LogP contribution in [0.4, 0.5) is 0 Å². The van der Waals surface area contributed by atoms with Gasteiger partial charge in [-0.15, -0.1) is 22.0 Å². The van der Waals surface area contributed by atoms with Gasteiger partial charge in [-0.3, -0.25) is 19.3 Å². The minimum absolute atomic E-state index is 0.0229. The molecule has 2 aliphatic rings. The molecule has 1 saturated heterocycles. The summed E-state index contributed by atoms with van der Waals surface area (Å²) in [6, 6.07) is 1.95. The third-order valence-corrected chi connectivity index (χ3v) is 7.99. The second-order valence-electron chi connectivity index (χ2n) is 7.47. The number of nitrogens with zero attached hydrogens (tertiary/aromatic N) is 3. The van der Waals surface area contributed by atoms with Crippen molar-refractivity contribution in [1.82, 2.24) is 25.6 Å². The molecule has 2 unspecified atom stereocenters. The van der Waals surface area contributed by atoms with E-state index in [4.69, 9.17) is 23.1 Å². The summed E-state index contributed by atoms with van der Waals surface area (Å²) < 4.78 is 0. The SMILES string of the molecule is NC(=O)c1n[nH]nc1SCC1=C(C(=O)O)N2C(=O)C(NC(=O)C(N)c3ccc(O)c(Cl)c3)[C@H]2SC1. The van der Waals surface area contributed by atoms with Crippen LogP contribution in [0.1, 0.15) is 22.1 Å². The van der Waals surface area contributed by atoms with Crippen molar-refractivity contribution in [3.05, 3.63) is 45.7 Å². The van der Waals surface area contributed by atoms with Gasteiger partial charge >= 0.3 is 5.97 Å². The largest absolute Gasteiger partial charge is 0.506 e. The van der Waals surface area contributed by atoms with Crippen LogP contribution in [0.2, 0.25) is 5.02 Å². The second-order valence-corrected chi connectivity index (χ2v) is 9.95. The van der Waals surface area contributed by atoms with Crippen LogP contribution in [0, 0.1) is 0 Å². The fourth-order valence-electron chi connectivity index (χ4n) is 3.54. The van der Waals surface area contributed by atoms with Gasteiger partial charge in [0.25, 0.3) is 11.8 Å². The number of carbonyl (C=O) groups excluding carboxylic acids is 3. The monoisotopic (exact) mass is 539 g/mol. The molecule has 3 heterocycles. The molecule has 0 bridgehead atoms. The smallest absolute Gasteiger partial charge is 0.352 e. The number of nitrogens with two attached hydrogens (primary N) is 2. The first kappa shape index (κ1) is 24.8. The third kappa shape index (κ3) is 4.67. The molecule has 0 spiro atoms. The highest BCUT2D eigenvalue weighted by atomic mass is 35.5. The van der Waals surface area contributed by atoms with E-state index in [2.05, 4.69) is 20.7 Å². The number of carboxylic acids is 1. The Balaban J connectivity index is 1.46. The molecule has 8 N–H and O–H groups in total. The first-order valence-electron chi connectivity index (χ1n) is 9.87. The number of phenolic OH excluding ortho intramolecular Hbond substituents is 1. The maximum absolute atomic E-state index is 12.8. The van der Waals surface area contributed by atoms with Gasteiger partial charge in [-0.05, 0) is 23.3 Å². The molecular formula is C19H18ClN7O6S2. The zero-order valence-corrected chi connectivity index (χ0v) is 20.0. The van der Waals surface area contributed by atoms with E-state index in [1.165, 1.54) is 30.0 Å². The molecule has 1 fully saturated rings. The molecule has 2 aromatic rings. The number of aliphatic carboxylic acids is 1. The molecule has 184 valence electrons. The van der Waals surface area contributed by atoms with E-state index in [0.29, 0.717) is 11.1 Å². The minimum Gasteiger partial charge on any atom is -0.506 e. The number of carbonyl (C=O) groups is 4. The van der Waals surface area contributed by atoms with Gasteiger partial charge < -0.3 is 27.0 Å². The predicted octanol–water partition coefficient (Wildman–Crippen LogP) is -0.207. The summed E-state index contributed by atoms with van der Waals surface area (Å²) in [7, 11) is 0. The van der Waals surface area contributed by atoms with Crippen molar-refractivity contribution >= 4 is 58.8 Å². The lowest BCUT2D eigenvalue weighted by Gasteiger charge is -2.49. The number of aromatic hydroxyl groups is 1. The maximum atomic E-state index is 12.8. The number of carboxylic acid groups (broad SMARTS) is 1. The van der Waals surface area contributed by atoms with E-state index in [9.17, 15) is 29.4 Å². The average Bonchev–Trinajstić information content (AvgIpc) is 3.30. The number of thioether (sulfide) groups is 2. The highest BCUT2D eigenvalue weighted by molar-refractivity contribution is 8.01. The van der Waals surface area contributed by atoms with E-state index in [1.807, 2.05) is 0 Å². The summed E-state index contributed by atoms with van der Waals surface area (Å²) in [6.07, 6.45) is 0. The van der Waals surface area contributed by atoms with Gasteiger partial charge in [-0.25, -0.2) is 4.79 Å². The molecule has 16 heteroatoms. The van der Waals surface area contributed by atoms with E-state index in [-0.39, 0.29) is 38.7 Å². The van der Waals surface area contributed by atoms with E-state index >= 15 is 0 Å². The van der Waals surface area contributed by atoms with Crippen LogP contribution in [-0.2, 0) is 14.4 Å². The van der Waals surface area contributed by atoms with Gasteiger partial charge in [0.2, 0.25) is 5.91 Å². The lowest BCUT2D eigenvalue weighted by molar-refractivity contribution is -0.150. The number of H-pyrrole nitrogens is 1. The highest BCUT2D eigenvalue weighted by Crippen LogP contribution is 2.41. The molecule has 3 atom stereocenters. The number of hydrogen-bond acceptors (Lipinski definition) is 10. The summed E-state index contributed by atoms with van der Waals surface area (Å²) in [6.45, 7) is 0. The van der Waals surface area contributed by atoms with Crippen LogP contribution >= 0.6 is 35.1 Å². The number of halogens is 1. The van der Waals surface area contributed by atoms with Gasteiger partial charge in [-0.1, -0.05) is 29.4 Å². The summed E-state index contributed by atoms with van der Waals surface area (Å²) >= 11 is 8.21. The van der Waals surface area contributed by atoms with Crippen LogP contribution in [0.5, 0.6) is 5.75 Å². The fourth-order valence-corrected chi connectivity index (χ4v) is 6.15. The van der Waals surface area contributed by atoms with Crippen LogP contribution in [-0.4, -0.2) is 77.1 Å². The third-order valence-electron chi connectivity index (χ3n) is 5.29. The van der Waals surface area contributed by atoms with Gasteiger partial charge in [-0.2, -0.15) is 5.21 Å². The summed E-state index contributed by atoms with van der Waals surface area (Å²) in [4.78, 5) is 50.0. The van der Waals surface area contributed by atoms with Crippen molar-refractivity contribution in [2.24, 2.45) is 11.5 Å². The standard InChI is InChI=1S/C19H18ClN7O6S2/c20-8-3-6(1-2-9(8)28)10(21)15(30)23-12-17(31)27-13(19(32)33)7(5-35-18(12)27)4-34-16-11(14(22)29)24-26-25-16/h1-3,10,12,18,28H,4-5,21H2,(H2,22,29)(H,23,30)(H,32,33)(H,24,25,26)/t10?,12?,18-/m1/s1. The Morgan fingerprint density at radius 3 is 2.77 bits per heavy atom.